The summed E-state index contributed by atoms with van der Waals surface area (Å²) < 4.78 is 5.92. The fraction of sp³-hybridized carbons (Fsp3) is 0.200. The van der Waals surface area contributed by atoms with Gasteiger partial charge in [-0.15, -0.1) is 11.3 Å². The van der Waals surface area contributed by atoms with Gasteiger partial charge >= 0.3 is 5.97 Å². The standard InChI is InChI=1S/C20H18ClNO4S/c1-3-26-20(25)18-16-9-8-15(24)10-17(16)27-19(18)22(12(2)23)11-13-4-6-14(21)7-5-13/h4-10,24H,3,11H2,1-2H3. The van der Waals surface area contributed by atoms with E-state index in [1.807, 2.05) is 12.1 Å². The quantitative estimate of drug-likeness (QED) is 0.609. The Hall–Kier alpha value is -2.57. The zero-order chi connectivity index (χ0) is 19.6. The van der Waals surface area contributed by atoms with Gasteiger partial charge in [-0.1, -0.05) is 23.7 Å². The first-order chi connectivity index (χ1) is 12.9. The lowest BCUT2D eigenvalue weighted by Crippen LogP contribution is -2.28. The second-order valence-electron chi connectivity index (χ2n) is 5.91. The number of hydrogen-bond acceptors (Lipinski definition) is 5. The summed E-state index contributed by atoms with van der Waals surface area (Å²) in [6.07, 6.45) is 0. The lowest BCUT2D eigenvalue weighted by atomic mass is 10.1. The third-order valence-electron chi connectivity index (χ3n) is 4.01. The molecule has 1 amide bonds. The van der Waals surface area contributed by atoms with E-state index in [2.05, 4.69) is 0 Å². The second kappa shape index (κ2) is 7.98. The van der Waals surface area contributed by atoms with Crippen LogP contribution in [0.1, 0.15) is 29.8 Å². The second-order valence-corrected chi connectivity index (χ2v) is 7.38. The number of ether oxygens (including phenoxy) is 1. The van der Waals surface area contributed by atoms with Crippen LogP contribution in [-0.4, -0.2) is 23.6 Å². The highest BCUT2D eigenvalue weighted by atomic mass is 35.5. The first kappa shape index (κ1) is 19.2. The lowest BCUT2D eigenvalue weighted by molar-refractivity contribution is -0.116. The Kier molecular flexibility index (Phi) is 5.68. The molecule has 3 rings (SSSR count). The van der Waals surface area contributed by atoms with Crippen molar-refractivity contribution in [3.8, 4) is 5.75 Å². The molecule has 0 aliphatic heterocycles. The molecule has 2 aromatic carbocycles. The summed E-state index contributed by atoms with van der Waals surface area (Å²) in [5, 5.41) is 11.5. The molecule has 0 saturated carbocycles. The molecule has 0 atom stereocenters. The number of carbonyl (C=O) groups excluding carboxylic acids is 2. The van der Waals surface area contributed by atoms with Crippen LogP contribution in [-0.2, 0) is 16.1 Å². The average Bonchev–Trinajstić information content (AvgIpc) is 2.99. The van der Waals surface area contributed by atoms with E-state index in [4.69, 9.17) is 16.3 Å². The van der Waals surface area contributed by atoms with Crippen molar-refractivity contribution in [1.29, 1.82) is 0 Å². The third-order valence-corrected chi connectivity index (χ3v) is 5.44. The van der Waals surface area contributed by atoms with Crippen LogP contribution in [0.15, 0.2) is 42.5 Å². The van der Waals surface area contributed by atoms with Crippen LogP contribution >= 0.6 is 22.9 Å². The molecule has 1 aromatic heterocycles. The Bertz CT molecular complexity index is 997. The van der Waals surface area contributed by atoms with Crippen LogP contribution in [0.2, 0.25) is 5.02 Å². The maximum absolute atomic E-state index is 12.6. The number of hydrogen-bond donors (Lipinski definition) is 1. The molecule has 7 heteroatoms. The van der Waals surface area contributed by atoms with Crippen LogP contribution < -0.4 is 4.90 Å². The molecule has 0 aliphatic carbocycles. The first-order valence-electron chi connectivity index (χ1n) is 8.36. The summed E-state index contributed by atoms with van der Waals surface area (Å²) in [4.78, 5) is 26.6. The van der Waals surface area contributed by atoms with Gasteiger partial charge < -0.3 is 9.84 Å². The van der Waals surface area contributed by atoms with Crippen molar-refractivity contribution in [3.05, 3.63) is 58.6 Å². The van der Waals surface area contributed by atoms with Gasteiger partial charge in [-0.2, -0.15) is 0 Å². The monoisotopic (exact) mass is 403 g/mol. The molecule has 0 spiro atoms. The van der Waals surface area contributed by atoms with Crippen LogP contribution in [0.3, 0.4) is 0 Å². The summed E-state index contributed by atoms with van der Waals surface area (Å²) in [5.41, 5.74) is 1.21. The number of aromatic hydroxyl groups is 1. The summed E-state index contributed by atoms with van der Waals surface area (Å²) in [6.45, 7) is 3.70. The largest absolute Gasteiger partial charge is 0.508 e. The van der Waals surface area contributed by atoms with Gasteiger partial charge in [0.2, 0.25) is 5.91 Å². The number of esters is 1. The number of halogens is 1. The van der Waals surface area contributed by atoms with Gasteiger partial charge in [-0.3, -0.25) is 9.69 Å². The maximum atomic E-state index is 12.6. The van der Waals surface area contributed by atoms with E-state index in [0.29, 0.717) is 25.7 Å². The zero-order valence-electron chi connectivity index (χ0n) is 14.9. The zero-order valence-corrected chi connectivity index (χ0v) is 16.4. The normalized spacial score (nSPS) is 10.8. The van der Waals surface area contributed by atoms with E-state index in [0.717, 1.165) is 5.56 Å². The minimum atomic E-state index is -0.494. The van der Waals surface area contributed by atoms with Crippen molar-refractivity contribution in [1.82, 2.24) is 0 Å². The highest BCUT2D eigenvalue weighted by Crippen LogP contribution is 2.40. The fourth-order valence-corrected chi connectivity index (χ4v) is 4.15. The maximum Gasteiger partial charge on any atom is 0.341 e. The van der Waals surface area contributed by atoms with Gasteiger partial charge in [0, 0.05) is 22.0 Å². The third kappa shape index (κ3) is 4.07. The number of carbonyl (C=O) groups is 2. The number of thiophene rings is 1. The molecule has 1 heterocycles. The van der Waals surface area contributed by atoms with E-state index >= 15 is 0 Å². The topological polar surface area (TPSA) is 66.8 Å². The van der Waals surface area contributed by atoms with Crippen molar-refractivity contribution < 1.29 is 19.4 Å². The average molecular weight is 404 g/mol. The first-order valence-corrected chi connectivity index (χ1v) is 9.55. The lowest BCUT2D eigenvalue weighted by Gasteiger charge is -2.21. The number of anilines is 1. The number of rotatable bonds is 5. The van der Waals surface area contributed by atoms with Crippen molar-refractivity contribution in [2.45, 2.75) is 20.4 Å². The van der Waals surface area contributed by atoms with Gasteiger partial charge in [0.15, 0.2) is 0 Å². The van der Waals surface area contributed by atoms with Crippen molar-refractivity contribution in [2.24, 2.45) is 0 Å². The predicted molar refractivity (Wildman–Crippen MR) is 108 cm³/mol. The SMILES string of the molecule is CCOC(=O)c1c(N(Cc2ccc(Cl)cc2)C(C)=O)sc2cc(O)ccc12. The van der Waals surface area contributed by atoms with Crippen LogP contribution in [0, 0.1) is 0 Å². The van der Waals surface area contributed by atoms with Crippen LogP contribution in [0.25, 0.3) is 10.1 Å². The number of phenols is 1. The van der Waals surface area contributed by atoms with Crippen LogP contribution in [0.4, 0.5) is 5.00 Å². The molecule has 0 fully saturated rings. The number of nitrogens with zero attached hydrogens (tertiary/aromatic N) is 1. The molecule has 0 radical (unpaired) electrons. The molecule has 1 N–H and O–H groups in total. The smallest absolute Gasteiger partial charge is 0.341 e. The number of benzene rings is 2. The number of amides is 1. The molecule has 0 aliphatic rings. The fourth-order valence-electron chi connectivity index (χ4n) is 2.76. The van der Waals surface area contributed by atoms with Gasteiger partial charge in [-0.05, 0) is 42.8 Å². The van der Waals surface area contributed by atoms with Gasteiger partial charge in [0.1, 0.15) is 16.3 Å². The van der Waals surface area contributed by atoms with E-state index < -0.39 is 5.97 Å². The van der Waals surface area contributed by atoms with Crippen molar-refractivity contribution >= 4 is 49.9 Å². The van der Waals surface area contributed by atoms with Crippen LogP contribution in [0.5, 0.6) is 5.75 Å². The van der Waals surface area contributed by atoms with E-state index in [1.54, 1.807) is 31.2 Å². The van der Waals surface area contributed by atoms with E-state index in [9.17, 15) is 14.7 Å². The highest BCUT2D eigenvalue weighted by molar-refractivity contribution is 7.23. The molecular weight excluding hydrogens is 386 g/mol. The number of phenolic OH excluding ortho intramolecular Hbond substituents is 1. The molecule has 0 bridgehead atoms. The molecule has 27 heavy (non-hydrogen) atoms. The van der Waals surface area contributed by atoms with Gasteiger partial charge in [0.05, 0.1) is 13.2 Å². The molecule has 0 unspecified atom stereocenters. The predicted octanol–water partition coefficient (Wildman–Crippen LogP) is 4.99. The van der Waals surface area contributed by atoms with Crippen molar-refractivity contribution in [3.63, 3.8) is 0 Å². The minimum absolute atomic E-state index is 0.0952. The van der Waals surface area contributed by atoms with E-state index in [-0.39, 0.29) is 24.8 Å². The molecule has 5 nitrogen and oxygen atoms in total. The molecule has 3 aromatic rings. The molecule has 0 saturated heterocycles. The number of fused-ring (bicyclic) bond motifs is 1. The summed E-state index contributed by atoms with van der Waals surface area (Å²) in [7, 11) is 0. The Morgan fingerprint density at radius 2 is 1.89 bits per heavy atom. The minimum Gasteiger partial charge on any atom is -0.508 e. The van der Waals surface area contributed by atoms with Gasteiger partial charge in [-0.25, -0.2) is 4.79 Å². The Balaban J connectivity index is 2.12. The van der Waals surface area contributed by atoms with Gasteiger partial charge in [0.25, 0.3) is 0 Å². The summed E-state index contributed by atoms with van der Waals surface area (Å²) in [5.74, 6) is -0.601. The van der Waals surface area contributed by atoms with Crippen molar-refractivity contribution in [2.75, 3.05) is 11.5 Å². The van der Waals surface area contributed by atoms with E-state index in [1.165, 1.54) is 29.2 Å². The summed E-state index contributed by atoms with van der Waals surface area (Å²) in [6, 6.07) is 11.9. The molecule has 140 valence electrons. The molecular formula is C20H18ClNO4S. The summed E-state index contributed by atoms with van der Waals surface area (Å²) >= 11 is 7.20. The Morgan fingerprint density at radius 1 is 1.19 bits per heavy atom. The highest BCUT2D eigenvalue weighted by Gasteiger charge is 2.26. The Morgan fingerprint density at radius 3 is 2.52 bits per heavy atom. The Labute approximate surface area is 165 Å².